The van der Waals surface area contributed by atoms with Gasteiger partial charge in [-0.3, -0.25) is 4.79 Å². The summed E-state index contributed by atoms with van der Waals surface area (Å²) in [6.45, 7) is 4.30. The summed E-state index contributed by atoms with van der Waals surface area (Å²) in [5.74, 6) is 0.705. The summed E-state index contributed by atoms with van der Waals surface area (Å²) in [4.78, 5) is 10.6. The molecule has 2 nitrogen and oxygen atoms in total. The summed E-state index contributed by atoms with van der Waals surface area (Å²) in [6, 6.07) is 0. The minimum atomic E-state index is 0.0176. The minimum Gasteiger partial charge on any atom is -0.303 e. The number of nitrogens with one attached hydrogen (secondary N) is 1. The topological polar surface area (TPSA) is 29.1 Å². The lowest BCUT2D eigenvalue weighted by Crippen LogP contribution is -2.11. The van der Waals surface area contributed by atoms with Gasteiger partial charge in [0.2, 0.25) is 5.91 Å². The fraction of sp³-hybridized carbons (Fsp3) is 0.857. The molecular formula is C7H15NOS. The summed E-state index contributed by atoms with van der Waals surface area (Å²) < 4.78 is 2.29. The van der Waals surface area contributed by atoms with Crippen LogP contribution in [-0.4, -0.2) is 5.91 Å². The molecule has 3 heteroatoms. The Morgan fingerprint density at radius 2 is 2.20 bits per heavy atom. The zero-order valence-electron chi connectivity index (χ0n) is 6.55. The maximum Gasteiger partial charge on any atom is 0.229 e. The first-order valence-corrected chi connectivity index (χ1v) is 4.04. The molecule has 1 N–H and O–H groups in total. The van der Waals surface area contributed by atoms with E-state index < -0.39 is 0 Å². The third-order valence-electron chi connectivity index (χ3n) is 1.31. The van der Waals surface area contributed by atoms with Crippen molar-refractivity contribution >= 4 is 18.7 Å². The zero-order chi connectivity index (χ0) is 7.98. The number of amides is 1. The maximum atomic E-state index is 10.6. The van der Waals surface area contributed by atoms with Gasteiger partial charge >= 0.3 is 0 Å². The molecule has 0 bridgehead atoms. The third kappa shape index (κ3) is 5.95. The van der Waals surface area contributed by atoms with E-state index in [1.807, 2.05) is 0 Å². The van der Waals surface area contributed by atoms with Gasteiger partial charge in [-0.15, -0.1) is 0 Å². The molecule has 0 aromatic carbocycles. The Kier molecular flexibility index (Phi) is 5.49. The predicted molar refractivity (Wildman–Crippen MR) is 45.8 cm³/mol. The molecule has 0 atom stereocenters. The molecule has 0 unspecified atom stereocenters. The average Bonchev–Trinajstić information content (AvgIpc) is 1.87. The molecule has 0 radical (unpaired) electrons. The minimum absolute atomic E-state index is 0.0176. The number of hydrogen-bond donors (Lipinski definition) is 2. The normalized spacial score (nSPS) is 10.0. The van der Waals surface area contributed by atoms with Crippen molar-refractivity contribution in [2.45, 2.75) is 33.1 Å². The Bertz CT molecular complexity index is 104. The second kappa shape index (κ2) is 5.59. The van der Waals surface area contributed by atoms with Crippen LogP contribution in [0.15, 0.2) is 0 Å². The molecule has 0 fully saturated rings. The molecular weight excluding hydrogens is 146 g/mol. The first kappa shape index (κ1) is 9.82. The van der Waals surface area contributed by atoms with Gasteiger partial charge in [-0.1, -0.05) is 33.1 Å². The quantitative estimate of drug-likeness (QED) is 0.605. The van der Waals surface area contributed by atoms with Gasteiger partial charge in [-0.05, 0) is 12.3 Å². The summed E-state index contributed by atoms with van der Waals surface area (Å²) in [5, 5.41) is 0. The fourth-order valence-corrected chi connectivity index (χ4v) is 0.839. The highest BCUT2D eigenvalue weighted by atomic mass is 32.1. The monoisotopic (exact) mass is 161 g/mol. The summed E-state index contributed by atoms with van der Waals surface area (Å²) >= 11 is 3.64. The van der Waals surface area contributed by atoms with Crippen molar-refractivity contribution in [2.75, 3.05) is 0 Å². The van der Waals surface area contributed by atoms with Gasteiger partial charge < -0.3 is 4.72 Å². The van der Waals surface area contributed by atoms with Crippen LogP contribution < -0.4 is 4.72 Å². The van der Waals surface area contributed by atoms with Crippen molar-refractivity contribution in [3.05, 3.63) is 0 Å². The van der Waals surface area contributed by atoms with Crippen LogP contribution in [0.1, 0.15) is 33.1 Å². The Labute approximate surface area is 67.9 Å². The van der Waals surface area contributed by atoms with Crippen molar-refractivity contribution in [3.8, 4) is 0 Å². The summed E-state index contributed by atoms with van der Waals surface area (Å²) in [7, 11) is 0. The van der Waals surface area contributed by atoms with Gasteiger partial charge in [0.15, 0.2) is 0 Å². The van der Waals surface area contributed by atoms with Gasteiger partial charge in [-0.2, -0.15) is 0 Å². The molecule has 10 heavy (non-hydrogen) atoms. The molecule has 0 rings (SSSR count). The molecule has 0 aliphatic heterocycles. The lowest BCUT2D eigenvalue weighted by molar-refractivity contribution is -0.119. The molecule has 0 aromatic heterocycles. The van der Waals surface area contributed by atoms with Crippen LogP contribution in [0.5, 0.6) is 0 Å². The molecule has 0 aromatic rings. The molecule has 0 spiro atoms. The maximum absolute atomic E-state index is 10.6. The third-order valence-corrected chi connectivity index (χ3v) is 1.56. The van der Waals surface area contributed by atoms with E-state index in [0.29, 0.717) is 12.3 Å². The van der Waals surface area contributed by atoms with Crippen LogP contribution in [0.4, 0.5) is 0 Å². The van der Waals surface area contributed by atoms with E-state index in [0.717, 1.165) is 12.8 Å². The fourth-order valence-electron chi connectivity index (χ4n) is 0.727. The Hall–Kier alpha value is -0.180. The van der Waals surface area contributed by atoms with Gasteiger partial charge in [0.1, 0.15) is 0 Å². The lowest BCUT2D eigenvalue weighted by Gasteiger charge is -2.01. The zero-order valence-corrected chi connectivity index (χ0v) is 7.45. The second-order valence-corrected chi connectivity index (χ2v) is 3.04. The number of hydrogen-bond acceptors (Lipinski definition) is 2. The van der Waals surface area contributed by atoms with E-state index in [2.05, 4.69) is 31.4 Å². The highest BCUT2D eigenvalue weighted by molar-refractivity contribution is 7.78. The van der Waals surface area contributed by atoms with Crippen molar-refractivity contribution in [2.24, 2.45) is 5.92 Å². The molecule has 0 saturated carbocycles. The van der Waals surface area contributed by atoms with Crippen LogP contribution in [0.3, 0.4) is 0 Å². The molecule has 0 saturated heterocycles. The van der Waals surface area contributed by atoms with Crippen LogP contribution in [0.2, 0.25) is 0 Å². The lowest BCUT2D eigenvalue weighted by atomic mass is 10.1. The SMILES string of the molecule is CC(C)CCCC(=O)NS. The van der Waals surface area contributed by atoms with E-state index >= 15 is 0 Å². The van der Waals surface area contributed by atoms with Gasteiger partial charge in [0.25, 0.3) is 0 Å². The number of thiol groups is 1. The Morgan fingerprint density at radius 3 is 2.60 bits per heavy atom. The second-order valence-electron chi connectivity index (χ2n) is 2.82. The first-order chi connectivity index (χ1) is 4.66. The molecule has 0 aliphatic carbocycles. The van der Waals surface area contributed by atoms with Crippen LogP contribution in [-0.2, 0) is 4.79 Å². The van der Waals surface area contributed by atoms with Crippen LogP contribution in [0.25, 0.3) is 0 Å². The van der Waals surface area contributed by atoms with E-state index in [4.69, 9.17) is 0 Å². The molecule has 1 amide bonds. The van der Waals surface area contributed by atoms with Crippen molar-refractivity contribution in [1.82, 2.24) is 4.72 Å². The van der Waals surface area contributed by atoms with E-state index in [1.165, 1.54) is 0 Å². The van der Waals surface area contributed by atoms with Crippen molar-refractivity contribution in [3.63, 3.8) is 0 Å². The van der Waals surface area contributed by atoms with Gasteiger partial charge in [-0.25, -0.2) is 0 Å². The standard InChI is InChI=1S/C7H15NOS/c1-6(2)4-3-5-7(9)8-10/h6,10H,3-5H2,1-2H3,(H,8,9). The van der Waals surface area contributed by atoms with Gasteiger partial charge in [0, 0.05) is 6.42 Å². The number of carbonyl (C=O) groups excluding carboxylic acids is 1. The summed E-state index contributed by atoms with van der Waals surface area (Å²) in [5.41, 5.74) is 0. The number of carbonyl (C=O) groups is 1. The van der Waals surface area contributed by atoms with Crippen molar-refractivity contribution < 1.29 is 4.79 Å². The summed E-state index contributed by atoms with van der Waals surface area (Å²) in [6.07, 6.45) is 2.67. The molecule has 0 aliphatic rings. The highest BCUT2D eigenvalue weighted by Crippen LogP contribution is 2.05. The highest BCUT2D eigenvalue weighted by Gasteiger charge is 1.98. The Balaban J connectivity index is 3.12. The average molecular weight is 161 g/mol. The van der Waals surface area contributed by atoms with Crippen LogP contribution in [0, 0.1) is 5.92 Å². The Morgan fingerprint density at radius 1 is 1.60 bits per heavy atom. The first-order valence-electron chi connectivity index (χ1n) is 3.59. The van der Waals surface area contributed by atoms with E-state index in [-0.39, 0.29) is 5.91 Å². The predicted octanol–water partition coefficient (Wildman–Crippen LogP) is 1.77. The smallest absolute Gasteiger partial charge is 0.229 e. The largest absolute Gasteiger partial charge is 0.303 e. The molecule has 0 heterocycles. The van der Waals surface area contributed by atoms with E-state index in [9.17, 15) is 4.79 Å². The van der Waals surface area contributed by atoms with Crippen LogP contribution >= 0.6 is 12.8 Å². The van der Waals surface area contributed by atoms with E-state index in [1.54, 1.807) is 0 Å². The molecule has 60 valence electrons. The number of rotatable bonds is 4. The van der Waals surface area contributed by atoms with Gasteiger partial charge in [0.05, 0.1) is 0 Å². The van der Waals surface area contributed by atoms with Crippen molar-refractivity contribution in [1.29, 1.82) is 0 Å².